The van der Waals surface area contributed by atoms with Crippen LogP contribution in [0.5, 0.6) is 0 Å². The van der Waals surface area contributed by atoms with E-state index in [1.54, 1.807) is 0 Å². The van der Waals surface area contributed by atoms with Crippen molar-refractivity contribution in [3.05, 3.63) is 0 Å². The fraction of sp³-hybridized carbons (Fsp3) is 0.846. The minimum Gasteiger partial charge on any atom is -0.348 e. The van der Waals surface area contributed by atoms with Gasteiger partial charge >= 0.3 is 0 Å². The number of nitrogens with two attached hydrogens (primary N) is 1. The lowest BCUT2D eigenvalue weighted by Gasteiger charge is -2.29. The summed E-state index contributed by atoms with van der Waals surface area (Å²) in [5, 5.41) is 5.57. The van der Waals surface area contributed by atoms with Crippen LogP contribution in [0.25, 0.3) is 0 Å². The number of hydrogen-bond acceptors (Lipinski definition) is 3. The zero-order chi connectivity index (χ0) is 14.0. The molecule has 1 rings (SSSR count). The second-order valence-electron chi connectivity index (χ2n) is 6.38. The Bertz CT molecular complexity index is 332. The highest BCUT2D eigenvalue weighted by Crippen LogP contribution is 2.38. The number of hydrogen-bond donors (Lipinski definition) is 3. The van der Waals surface area contributed by atoms with Gasteiger partial charge in [-0.3, -0.25) is 9.59 Å². The molecule has 0 aromatic rings. The first kappa shape index (κ1) is 15.0. The van der Waals surface area contributed by atoms with Gasteiger partial charge in [0.05, 0.1) is 12.1 Å². The molecule has 104 valence electrons. The highest BCUT2D eigenvalue weighted by molar-refractivity contribution is 5.87. The van der Waals surface area contributed by atoms with E-state index in [9.17, 15) is 9.59 Å². The topological polar surface area (TPSA) is 84.2 Å². The van der Waals surface area contributed by atoms with E-state index in [-0.39, 0.29) is 23.9 Å². The summed E-state index contributed by atoms with van der Waals surface area (Å²) in [6.07, 6.45) is 2.23. The van der Waals surface area contributed by atoms with E-state index in [2.05, 4.69) is 10.6 Å². The van der Waals surface area contributed by atoms with Gasteiger partial charge in [-0.1, -0.05) is 20.8 Å². The molecule has 1 saturated carbocycles. The molecule has 0 saturated heterocycles. The SMILES string of the molecule is CC(C)(C)C(=O)NCC(=O)NC(C)(CN)C1CC1. The summed E-state index contributed by atoms with van der Waals surface area (Å²) in [6, 6.07) is 0. The number of carbonyl (C=O) groups excluding carboxylic acids is 2. The van der Waals surface area contributed by atoms with Crippen LogP contribution in [0.3, 0.4) is 0 Å². The Morgan fingerprint density at radius 1 is 1.22 bits per heavy atom. The van der Waals surface area contributed by atoms with Crippen molar-refractivity contribution in [2.75, 3.05) is 13.1 Å². The average molecular weight is 255 g/mol. The van der Waals surface area contributed by atoms with E-state index in [4.69, 9.17) is 5.73 Å². The predicted octanol–water partition coefficient (Wildman–Crippen LogP) is 0.392. The van der Waals surface area contributed by atoms with E-state index < -0.39 is 5.41 Å². The zero-order valence-electron chi connectivity index (χ0n) is 11.8. The zero-order valence-corrected chi connectivity index (χ0v) is 11.8. The maximum absolute atomic E-state index is 11.8. The maximum Gasteiger partial charge on any atom is 0.239 e. The van der Waals surface area contributed by atoms with Gasteiger partial charge in [0.2, 0.25) is 11.8 Å². The van der Waals surface area contributed by atoms with Crippen molar-refractivity contribution in [1.29, 1.82) is 0 Å². The van der Waals surface area contributed by atoms with Crippen molar-refractivity contribution in [2.45, 2.75) is 46.1 Å². The van der Waals surface area contributed by atoms with Crippen LogP contribution in [0.15, 0.2) is 0 Å². The first-order chi connectivity index (χ1) is 8.19. The second kappa shape index (κ2) is 5.26. The summed E-state index contributed by atoms with van der Waals surface area (Å²) in [4.78, 5) is 23.4. The van der Waals surface area contributed by atoms with E-state index >= 15 is 0 Å². The molecule has 18 heavy (non-hydrogen) atoms. The summed E-state index contributed by atoms with van der Waals surface area (Å²) in [6.45, 7) is 7.85. The molecule has 5 nitrogen and oxygen atoms in total. The minimum atomic E-state index is -0.478. The van der Waals surface area contributed by atoms with E-state index in [1.165, 1.54) is 0 Å². The fourth-order valence-electron chi connectivity index (χ4n) is 1.83. The number of carbonyl (C=O) groups is 2. The van der Waals surface area contributed by atoms with Gasteiger partial charge in [-0.15, -0.1) is 0 Å². The smallest absolute Gasteiger partial charge is 0.239 e. The molecule has 4 N–H and O–H groups in total. The van der Waals surface area contributed by atoms with E-state index in [1.807, 2.05) is 27.7 Å². The molecule has 2 amide bonds. The molecular weight excluding hydrogens is 230 g/mol. The molecule has 0 aliphatic heterocycles. The Labute approximate surface area is 109 Å². The van der Waals surface area contributed by atoms with Crippen LogP contribution in [0.4, 0.5) is 0 Å². The van der Waals surface area contributed by atoms with Gasteiger partial charge < -0.3 is 16.4 Å². The molecule has 0 heterocycles. The van der Waals surface area contributed by atoms with Crippen LogP contribution >= 0.6 is 0 Å². The van der Waals surface area contributed by atoms with Crippen molar-refractivity contribution in [2.24, 2.45) is 17.1 Å². The summed E-state index contributed by atoms with van der Waals surface area (Å²) < 4.78 is 0. The van der Waals surface area contributed by atoms with Gasteiger partial charge in [-0.25, -0.2) is 0 Å². The molecule has 1 aliphatic carbocycles. The molecule has 0 radical (unpaired) electrons. The molecule has 1 aliphatic rings. The quantitative estimate of drug-likeness (QED) is 0.664. The van der Waals surface area contributed by atoms with Gasteiger partial charge in [0, 0.05) is 12.0 Å². The Kier molecular flexibility index (Phi) is 4.37. The van der Waals surface area contributed by atoms with Gasteiger partial charge in [0.1, 0.15) is 0 Å². The van der Waals surface area contributed by atoms with Gasteiger partial charge in [0.25, 0.3) is 0 Å². The third kappa shape index (κ3) is 3.98. The lowest BCUT2D eigenvalue weighted by Crippen LogP contribution is -2.55. The van der Waals surface area contributed by atoms with Crippen molar-refractivity contribution in [1.82, 2.24) is 10.6 Å². The molecule has 1 fully saturated rings. The standard InChI is InChI=1S/C13H25N3O2/c1-12(2,3)11(18)15-7-10(17)16-13(4,8-14)9-5-6-9/h9H,5-8,14H2,1-4H3,(H,15,18)(H,16,17). The molecule has 0 bridgehead atoms. The van der Waals surface area contributed by atoms with Crippen molar-refractivity contribution < 1.29 is 9.59 Å². The van der Waals surface area contributed by atoms with Crippen LogP contribution < -0.4 is 16.4 Å². The summed E-state index contributed by atoms with van der Waals surface area (Å²) in [5.74, 6) is 0.177. The van der Waals surface area contributed by atoms with Crippen molar-refractivity contribution in [3.8, 4) is 0 Å². The third-order valence-electron chi connectivity index (χ3n) is 3.42. The Balaban J connectivity index is 2.40. The monoisotopic (exact) mass is 255 g/mol. The first-order valence-electron chi connectivity index (χ1n) is 6.48. The van der Waals surface area contributed by atoms with Crippen LogP contribution in [0.1, 0.15) is 40.5 Å². The highest BCUT2D eigenvalue weighted by Gasteiger charge is 2.41. The summed E-state index contributed by atoms with van der Waals surface area (Å²) >= 11 is 0. The average Bonchev–Trinajstić information content (AvgIpc) is 3.08. The Hall–Kier alpha value is -1.10. The largest absolute Gasteiger partial charge is 0.348 e. The Morgan fingerprint density at radius 2 is 1.78 bits per heavy atom. The van der Waals surface area contributed by atoms with Crippen LogP contribution in [-0.2, 0) is 9.59 Å². The molecule has 0 aromatic carbocycles. The second-order valence-corrected chi connectivity index (χ2v) is 6.38. The highest BCUT2D eigenvalue weighted by atomic mass is 16.2. The van der Waals surface area contributed by atoms with Crippen molar-refractivity contribution in [3.63, 3.8) is 0 Å². The lowest BCUT2D eigenvalue weighted by molar-refractivity contribution is -0.131. The molecular formula is C13H25N3O2. The number of amides is 2. The van der Waals surface area contributed by atoms with Crippen molar-refractivity contribution >= 4 is 11.8 Å². The molecule has 0 spiro atoms. The first-order valence-corrected chi connectivity index (χ1v) is 6.48. The lowest BCUT2D eigenvalue weighted by atomic mass is 9.95. The Morgan fingerprint density at radius 3 is 2.17 bits per heavy atom. The maximum atomic E-state index is 11.8. The van der Waals surface area contributed by atoms with E-state index in [0.717, 1.165) is 12.8 Å². The minimum absolute atomic E-state index is 0.0123. The normalized spacial score (nSPS) is 18.9. The molecule has 5 heteroatoms. The van der Waals surface area contributed by atoms with Crippen LogP contribution in [0.2, 0.25) is 0 Å². The molecule has 0 aromatic heterocycles. The summed E-state index contributed by atoms with van der Waals surface area (Å²) in [7, 11) is 0. The van der Waals surface area contributed by atoms with Crippen LogP contribution in [0, 0.1) is 11.3 Å². The van der Waals surface area contributed by atoms with Gasteiger partial charge in [0.15, 0.2) is 0 Å². The van der Waals surface area contributed by atoms with Gasteiger partial charge in [-0.2, -0.15) is 0 Å². The third-order valence-corrected chi connectivity index (χ3v) is 3.42. The van der Waals surface area contributed by atoms with E-state index in [0.29, 0.717) is 12.5 Å². The van der Waals surface area contributed by atoms with Gasteiger partial charge in [-0.05, 0) is 25.7 Å². The number of rotatable bonds is 5. The summed E-state index contributed by atoms with van der Waals surface area (Å²) in [5.41, 5.74) is 4.91. The predicted molar refractivity (Wildman–Crippen MR) is 70.8 cm³/mol. The molecule has 1 atom stereocenters. The number of nitrogens with one attached hydrogen (secondary N) is 2. The van der Waals surface area contributed by atoms with Crippen LogP contribution in [-0.4, -0.2) is 30.4 Å². The fourth-order valence-corrected chi connectivity index (χ4v) is 1.83. The molecule has 1 unspecified atom stereocenters.